The van der Waals surface area contributed by atoms with Crippen molar-refractivity contribution in [2.45, 2.75) is 58.3 Å². The lowest BCUT2D eigenvalue weighted by Gasteiger charge is -2.28. The molecule has 0 saturated heterocycles. The average Bonchev–Trinajstić information content (AvgIpc) is 2.41. The predicted octanol–water partition coefficient (Wildman–Crippen LogP) is 5.30. The third kappa shape index (κ3) is 3.71. The third-order valence-electron chi connectivity index (χ3n) is 4.27. The van der Waals surface area contributed by atoms with Crippen molar-refractivity contribution >= 4 is 0 Å². The fourth-order valence-corrected chi connectivity index (χ4v) is 3.27. The quantitative estimate of drug-likeness (QED) is 0.701. The molecule has 0 unspecified atom stereocenters. The van der Waals surface area contributed by atoms with E-state index in [0.717, 1.165) is 24.3 Å². The molecule has 0 amide bonds. The first-order valence-electron chi connectivity index (χ1n) is 7.66. The largest absolute Gasteiger partial charge is 0.494 e. The first-order valence-corrected chi connectivity index (χ1v) is 7.66. The van der Waals surface area contributed by atoms with Crippen molar-refractivity contribution < 1.29 is 9.13 Å². The van der Waals surface area contributed by atoms with E-state index < -0.39 is 0 Å². The normalized spacial score (nSPS) is 23.3. The van der Waals surface area contributed by atoms with E-state index in [-0.39, 0.29) is 5.82 Å². The van der Waals surface area contributed by atoms with E-state index in [1.54, 1.807) is 0 Å². The lowest BCUT2D eigenvalue weighted by atomic mass is 9.77. The van der Waals surface area contributed by atoms with Gasteiger partial charge in [0.25, 0.3) is 0 Å². The number of benzene rings is 1. The summed E-state index contributed by atoms with van der Waals surface area (Å²) >= 11 is 0. The summed E-state index contributed by atoms with van der Waals surface area (Å²) < 4.78 is 19.5. The SMILES string of the molecule is CCCC1CCC(c2ccc(OCC)cc2F)CC1. The van der Waals surface area contributed by atoms with Crippen molar-refractivity contribution in [3.05, 3.63) is 29.6 Å². The summed E-state index contributed by atoms with van der Waals surface area (Å²) in [5, 5.41) is 0. The van der Waals surface area contributed by atoms with Crippen LogP contribution in [0.5, 0.6) is 5.75 Å². The maximum Gasteiger partial charge on any atom is 0.130 e. The van der Waals surface area contributed by atoms with Crippen LogP contribution in [0.3, 0.4) is 0 Å². The number of hydrogen-bond acceptors (Lipinski definition) is 1. The van der Waals surface area contributed by atoms with Crippen molar-refractivity contribution in [3.63, 3.8) is 0 Å². The molecule has 0 aromatic heterocycles. The van der Waals surface area contributed by atoms with Gasteiger partial charge >= 0.3 is 0 Å². The van der Waals surface area contributed by atoms with E-state index in [4.69, 9.17) is 4.74 Å². The lowest BCUT2D eigenvalue weighted by molar-refractivity contribution is 0.303. The second-order valence-electron chi connectivity index (χ2n) is 5.62. The number of halogens is 1. The molecule has 0 spiro atoms. The van der Waals surface area contributed by atoms with Gasteiger partial charge in [0.15, 0.2) is 0 Å². The van der Waals surface area contributed by atoms with Crippen molar-refractivity contribution in [2.24, 2.45) is 5.92 Å². The van der Waals surface area contributed by atoms with Gasteiger partial charge in [0.2, 0.25) is 0 Å². The third-order valence-corrected chi connectivity index (χ3v) is 4.27. The molecule has 1 aromatic rings. The fourth-order valence-electron chi connectivity index (χ4n) is 3.27. The van der Waals surface area contributed by atoms with E-state index in [2.05, 4.69) is 6.92 Å². The van der Waals surface area contributed by atoms with Crippen LogP contribution in [0.25, 0.3) is 0 Å². The van der Waals surface area contributed by atoms with E-state index in [1.807, 2.05) is 19.1 Å². The average molecular weight is 264 g/mol. The Kier molecular flexibility index (Phi) is 5.24. The highest BCUT2D eigenvalue weighted by molar-refractivity contribution is 5.31. The summed E-state index contributed by atoms with van der Waals surface area (Å²) in [7, 11) is 0. The van der Waals surface area contributed by atoms with Crippen LogP contribution in [-0.4, -0.2) is 6.61 Å². The Bertz CT molecular complexity index is 394. The Hall–Kier alpha value is -1.05. The highest BCUT2D eigenvalue weighted by atomic mass is 19.1. The standard InChI is InChI=1S/C17H25FO/c1-3-5-13-6-8-14(9-7-13)16-11-10-15(19-4-2)12-17(16)18/h10-14H,3-9H2,1-2H3. The summed E-state index contributed by atoms with van der Waals surface area (Å²) in [6.07, 6.45) is 7.38. The van der Waals surface area contributed by atoms with Crippen molar-refractivity contribution in [1.29, 1.82) is 0 Å². The molecule has 1 fully saturated rings. The second kappa shape index (κ2) is 6.93. The minimum absolute atomic E-state index is 0.0927. The van der Waals surface area contributed by atoms with Crippen LogP contribution in [0.4, 0.5) is 4.39 Å². The molecule has 1 aliphatic rings. The van der Waals surface area contributed by atoms with Crippen molar-refractivity contribution in [1.82, 2.24) is 0 Å². The molecule has 106 valence electrons. The molecule has 1 nitrogen and oxygen atoms in total. The first kappa shape index (κ1) is 14.4. The topological polar surface area (TPSA) is 9.23 Å². The molecular weight excluding hydrogens is 239 g/mol. The Morgan fingerprint density at radius 3 is 2.47 bits per heavy atom. The van der Waals surface area contributed by atoms with Crippen LogP contribution < -0.4 is 4.74 Å². The Balaban J connectivity index is 1.99. The van der Waals surface area contributed by atoms with Gasteiger partial charge in [0.1, 0.15) is 11.6 Å². The summed E-state index contributed by atoms with van der Waals surface area (Å²) in [6, 6.07) is 5.36. The van der Waals surface area contributed by atoms with Crippen LogP contribution in [0.2, 0.25) is 0 Å². The molecule has 0 heterocycles. The maximum absolute atomic E-state index is 14.1. The zero-order chi connectivity index (χ0) is 13.7. The first-order chi connectivity index (χ1) is 9.24. The monoisotopic (exact) mass is 264 g/mol. The smallest absolute Gasteiger partial charge is 0.130 e. The summed E-state index contributed by atoms with van der Waals surface area (Å²) in [5.41, 5.74) is 0.887. The lowest BCUT2D eigenvalue weighted by Crippen LogP contribution is -2.14. The zero-order valence-electron chi connectivity index (χ0n) is 12.1. The van der Waals surface area contributed by atoms with Gasteiger partial charge in [0, 0.05) is 6.07 Å². The van der Waals surface area contributed by atoms with Gasteiger partial charge in [-0.1, -0.05) is 25.8 Å². The fraction of sp³-hybridized carbons (Fsp3) is 0.647. The minimum atomic E-state index is -0.0927. The Labute approximate surface area is 116 Å². The molecule has 1 aromatic carbocycles. The van der Waals surface area contributed by atoms with Gasteiger partial charge in [-0.25, -0.2) is 4.39 Å². The van der Waals surface area contributed by atoms with E-state index in [9.17, 15) is 4.39 Å². The predicted molar refractivity (Wildman–Crippen MR) is 77.2 cm³/mol. The highest BCUT2D eigenvalue weighted by Crippen LogP contribution is 2.38. The van der Waals surface area contributed by atoms with E-state index in [0.29, 0.717) is 18.3 Å². The molecule has 0 radical (unpaired) electrons. The van der Waals surface area contributed by atoms with Gasteiger partial charge in [0.05, 0.1) is 6.61 Å². The van der Waals surface area contributed by atoms with Gasteiger partial charge in [-0.2, -0.15) is 0 Å². The molecule has 0 aliphatic heterocycles. The summed E-state index contributed by atoms with van der Waals surface area (Å²) in [6.45, 7) is 4.75. The maximum atomic E-state index is 14.1. The highest BCUT2D eigenvalue weighted by Gasteiger charge is 2.23. The molecule has 1 aliphatic carbocycles. The summed E-state index contributed by atoms with van der Waals surface area (Å²) in [5.74, 6) is 1.82. The van der Waals surface area contributed by atoms with Gasteiger partial charge in [-0.05, 0) is 56.1 Å². The van der Waals surface area contributed by atoms with Gasteiger partial charge in [-0.15, -0.1) is 0 Å². The zero-order valence-corrected chi connectivity index (χ0v) is 12.1. The molecular formula is C17H25FO. The molecule has 0 atom stereocenters. The molecule has 19 heavy (non-hydrogen) atoms. The summed E-state index contributed by atoms with van der Waals surface area (Å²) in [4.78, 5) is 0. The van der Waals surface area contributed by atoms with Gasteiger partial charge in [-0.3, -0.25) is 0 Å². The molecule has 2 heteroatoms. The Morgan fingerprint density at radius 1 is 1.16 bits per heavy atom. The molecule has 1 saturated carbocycles. The number of hydrogen-bond donors (Lipinski definition) is 0. The van der Waals surface area contributed by atoms with Crippen LogP contribution in [-0.2, 0) is 0 Å². The van der Waals surface area contributed by atoms with Crippen LogP contribution in [0, 0.1) is 11.7 Å². The van der Waals surface area contributed by atoms with Crippen LogP contribution in [0.1, 0.15) is 63.9 Å². The van der Waals surface area contributed by atoms with Crippen LogP contribution in [0.15, 0.2) is 18.2 Å². The van der Waals surface area contributed by atoms with Crippen molar-refractivity contribution in [2.75, 3.05) is 6.61 Å². The van der Waals surface area contributed by atoms with Crippen LogP contribution >= 0.6 is 0 Å². The number of rotatable bonds is 5. The number of ether oxygens (including phenoxy) is 1. The van der Waals surface area contributed by atoms with Gasteiger partial charge < -0.3 is 4.74 Å². The van der Waals surface area contributed by atoms with E-state index in [1.165, 1.54) is 31.7 Å². The minimum Gasteiger partial charge on any atom is -0.494 e. The molecule has 0 bridgehead atoms. The van der Waals surface area contributed by atoms with E-state index >= 15 is 0 Å². The molecule has 0 N–H and O–H groups in total. The van der Waals surface area contributed by atoms with Crippen molar-refractivity contribution in [3.8, 4) is 5.75 Å². The Morgan fingerprint density at radius 2 is 1.89 bits per heavy atom. The second-order valence-corrected chi connectivity index (χ2v) is 5.62. The molecule has 2 rings (SSSR count).